The van der Waals surface area contributed by atoms with Crippen molar-refractivity contribution in [1.29, 1.82) is 0 Å². The van der Waals surface area contributed by atoms with Crippen LogP contribution in [0.1, 0.15) is 50.5 Å². The zero-order valence-electron chi connectivity index (χ0n) is 13.7. The Kier molecular flexibility index (Phi) is 2.91. The molecule has 0 spiro atoms. The minimum atomic E-state index is -0.363. The van der Waals surface area contributed by atoms with Crippen LogP contribution in [0, 0.1) is 22.6 Å². The summed E-state index contributed by atoms with van der Waals surface area (Å²) >= 11 is 0. The van der Waals surface area contributed by atoms with Crippen molar-refractivity contribution in [3.63, 3.8) is 0 Å². The van der Waals surface area contributed by atoms with E-state index in [4.69, 9.17) is 0 Å². The molecule has 2 fully saturated rings. The second kappa shape index (κ2) is 4.56. The molecule has 2 aliphatic carbocycles. The van der Waals surface area contributed by atoms with Crippen LogP contribution in [0.5, 0.6) is 0 Å². The molecule has 4 nitrogen and oxygen atoms in total. The molecule has 2 aromatic rings. The van der Waals surface area contributed by atoms with Crippen molar-refractivity contribution >= 4 is 16.9 Å². The monoisotopic (exact) mass is 315 g/mol. The zero-order chi connectivity index (χ0) is 16.4. The Bertz CT molecular complexity index is 797. The van der Waals surface area contributed by atoms with Crippen LogP contribution in [0.15, 0.2) is 18.3 Å². The number of hydrogen-bond donors (Lipinski definition) is 2. The summed E-state index contributed by atoms with van der Waals surface area (Å²) in [4.78, 5) is 19.6. The van der Waals surface area contributed by atoms with Gasteiger partial charge in [-0.1, -0.05) is 20.8 Å². The van der Waals surface area contributed by atoms with E-state index in [0.29, 0.717) is 22.6 Å². The van der Waals surface area contributed by atoms with Crippen LogP contribution in [0.3, 0.4) is 0 Å². The van der Waals surface area contributed by atoms with E-state index in [-0.39, 0.29) is 28.6 Å². The van der Waals surface area contributed by atoms with Crippen LogP contribution < -0.4 is 5.32 Å². The van der Waals surface area contributed by atoms with Crippen molar-refractivity contribution in [3.8, 4) is 0 Å². The molecule has 0 radical (unpaired) electrons. The molecule has 4 rings (SSSR count). The molecule has 0 aliphatic heterocycles. The van der Waals surface area contributed by atoms with Crippen LogP contribution in [0.25, 0.3) is 11.0 Å². The van der Waals surface area contributed by atoms with Gasteiger partial charge in [0.15, 0.2) is 0 Å². The first-order valence-corrected chi connectivity index (χ1v) is 8.27. The summed E-state index contributed by atoms with van der Waals surface area (Å²) in [6.45, 7) is 6.93. The van der Waals surface area contributed by atoms with Gasteiger partial charge in [0.05, 0.1) is 5.39 Å². The predicted octanol–water partition coefficient (Wildman–Crippen LogP) is 3.65. The van der Waals surface area contributed by atoms with Gasteiger partial charge in [-0.25, -0.2) is 9.37 Å². The van der Waals surface area contributed by atoms with Gasteiger partial charge >= 0.3 is 0 Å². The van der Waals surface area contributed by atoms with Gasteiger partial charge in [-0.15, -0.1) is 0 Å². The van der Waals surface area contributed by atoms with Crippen LogP contribution >= 0.6 is 0 Å². The summed E-state index contributed by atoms with van der Waals surface area (Å²) in [5.74, 6) is 0.134. The van der Waals surface area contributed by atoms with Crippen molar-refractivity contribution < 1.29 is 9.18 Å². The molecule has 2 aromatic heterocycles. The third-order valence-corrected chi connectivity index (χ3v) is 6.82. The molecular formula is C18H22FN3O. The summed E-state index contributed by atoms with van der Waals surface area (Å²) in [6, 6.07) is 3.03. The summed E-state index contributed by atoms with van der Waals surface area (Å²) < 4.78 is 13.8. The normalized spacial score (nSPS) is 31.7. The van der Waals surface area contributed by atoms with E-state index in [1.807, 2.05) is 0 Å². The number of H-pyrrole nitrogens is 1. The third-order valence-electron chi connectivity index (χ3n) is 6.82. The number of fused-ring (bicyclic) bond motifs is 3. The maximum Gasteiger partial charge on any atom is 0.268 e. The molecule has 0 aromatic carbocycles. The van der Waals surface area contributed by atoms with E-state index in [0.717, 1.165) is 12.8 Å². The van der Waals surface area contributed by atoms with Crippen LogP contribution in [0.2, 0.25) is 0 Å². The second-order valence-corrected chi connectivity index (χ2v) is 7.87. The van der Waals surface area contributed by atoms with E-state index >= 15 is 0 Å². The van der Waals surface area contributed by atoms with E-state index in [1.165, 1.54) is 18.7 Å². The number of nitrogens with zero attached hydrogens (tertiary/aromatic N) is 1. The average Bonchev–Trinajstić information content (AvgIpc) is 3.08. The van der Waals surface area contributed by atoms with Gasteiger partial charge < -0.3 is 10.3 Å². The molecule has 2 bridgehead atoms. The second-order valence-electron chi connectivity index (χ2n) is 7.87. The minimum absolute atomic E-state index is 0.128. The number of rotatable bonds is 2. The molecule has 3 atom stereocenters. The predicted molar refractivity (Wildman–Crippen MR) is 86.5 cm³/mol. The van der Waals surface area contributed by atoms with Gasteiger partial charge in [0.1, 0.15) is 17.2 Å². The zero-order valence-corrected chi connectivity index (χ0v) is 13.7. The molecule has 0 saturated heterocycles. The summed E-state index contributed by atoms with van der Waals surface area (Å²) in [6.07, 6.45) is 4.83. The first kappa shape index (κ1) is 14.7. The van der Waals surface area contributed by atoms with E-state index in [2.05, 4.69) is 36.1 Å². The highest BCUT2D eigenvalue weighted by molar-refractivity contribution is 5.97. The quantitative estimate of drug-likeness (QED) is 0.889. The van der Waals surface area contributed by atoms with E-state index < -0.39 is 0 Å². The van der Waals surface area contributed by atoms with Crippen molar-refractivity contribution in [2.24, 2.45) is 16.7 Å². The number of pyridine rings is 1. The van der Waals surface area contributed by atoms with Crippen molar-refractivity contribution in [2.45, 2.75) is 46.1 Å². The van der Waals surface area contributed by atoms with Gasteiger partial charge in [-0.05, 0) is 48.1 Å². The van der Waals surface area contributed by atoms with Gasteiger partial charge in [0, 0.05) is 12.2 Å². The van der Waals surface area contributed by atoms with Gasteiger partial charge in [0.2, 0.25) is 0 Å². The molecule has 2 N–H and O–H groups in total. The first-order chi connectivity index (χ1) is 10.8. The molecule has 3 unspecified atom stereocenters. The molecule has 23 heavy (non-hydrogen) atoms. The maximum absolute atomic E-state index is 13.8. The van der Waals surface area contributed by atoms with Crippen molar-refractivity contribution in [2.75, 3.05) is 0 Å². The lowest BCUT2D eigenvalue weighted by Crippen LogP contribution is -2.46. The number of aromatic amines is 1. The lowest BCUT2D eigenvalue weighted by Gasteiger charge is -2.39. The topological polar surface area (TPSA) is 57.8 Å². The van der Waals surface area contributed by atoms with Crippen molar-refractivity contribution in [1.82, 2.24) is 15.3 Å². The Morgan fingerprint density at radius 2 is 2.22 bits per heavy atom. The number of carbonyl (C=O) groups is 1. The number of carbonyl (C=O) groups excluding carboxylic acids is 1. The number of aromatic nitrogens is 2. The standard InChI is InChI=1S/C18H22FN3O/c1-17(2)10-4-6-18(17,3)14(8-10)22-16(23)13-9-11-12(19)5-7-20-15(11)21-13/h5,7,9-10,14H,4,6,8H2,1-3H3,(H,20,21)(H,22,23). The lowest BCUT2D eigenvalue weighted by atomic mass is 9.69. The molecule has 2 aliphatic rings. The fourth-order valence-electron chi connectivity index (χ4n) is 4.77. The number of nitrogens with one attached hydrogen (secondary N) is 2. The van der Waals surface area contributed by atoms with Gasteiger partial charge in [-0.2, -0.15) is 0 Å². The smallest absolute Gasteiger partial charge is 0.268 e. The highest BCUT2D eigenvalue weighted by atomic mass is 19.1. The van der Waals surface area contributed by atoms with E-state index in [9.17, 15) is 9.18 Å². The Labute approximate surface area is 134 Å². The highest BCUT2D eigenvalue weighted by Crippen LogP contribution is 2.65. The van der Waals surface area contributed by atoms with Crippen LogP contribution in [-0.4, -0.2) is 21.9 Å². The maximum atomic E-state index is 13.8. The molecule has 2 heterocycles. The Balaban J connectivity index is 1.60. The molecule has 1 amide bonds. The SMILES string of the molecule is CC1(C)C2CCC1(C)C(NC(=O)c1cc3c(F)ccnc3[nH]1)C2. The minimum Gasteiger partial charge on any atom is -0.347 e. The van der Waals surface area contributed by atoms with E-state index in [1.54, 1.807) is 6.07 Å². The average molecular weight is 315 g/mol. The fourth-order valence-corrected chi connectivity index (χ4v) is 4.77. The summed E-state index contributed by atoms with van der Waals surface area (Å²) in [5, 5.41) is 3.54. The summed E-state index contributed by atoms with van der Waals surface area (Å²) in [5.41, 5.74) is 1.17. The van der Waals surface area contributed by atoms with Gasteiger partial charge in [0.25, 0.3) is 5.91 Å². The first-order valence-electron chi connectivity index (χ1n) is 8.27. The summed E-state index contributed by atoms with van der Waals surface area (Å²) in [7, 11) is 0. The van der Waals surface area contributed by atoms with Crippen molar-refractivity contribution in [3.05, 3.63) is 29.8 Å². The largest absolute Gasteiger partial charge is 0.347 e. The Morgan fingerprint density at radius 3 is 2.83 bits per heavy atom. The van der Waals surface area contributed by atoms with Crippen LogP contribution in [-0.2, 0) is 0 Å². The van der Waals surface area contributed by atoms with Gasteiger partial charge in [-0.3, -0.25) is 4.79 Å². The number of hydrogen-bond acceptors (Lipinski definition) is 2. The molecule has 2 saturated carbocycles. The highest BCUT2D eigenvalue weighted by Gasteiger charge is 2.61. The molecule has 5 heteroatoms. The number of amides is 1. The Morgan fingerprint density at radius 1 is 1.43 bits per heavy atom. The molecule has 122 valence electrons. The third kappa shape index (κ3) is 1.88. The number of halogens is 1. The lowest BCUT2D eigenvalue weighted by molar-refractivity contribution is 0.0822. The molecular weight excluding hydrogens is 293 g/mol. The van der Waals surface area contributed by atoms with Crippen LogP contribution in [0.4, 0.5) is 4.39 Å². The fraction of sp³-hybridized carbons (Fsp3) is 0.556. The Hall–Kier alpha value is -1.91.